The second-order valence-electron chi connectivity index (χ2n) is 5.07. The first-order chi connectivity index (χ1) is 10.1. The van der Waals surface area contributed by atoms with E-state index in [2.05, 4.69) is 27.3 Å². The highest BCUT2D eigenvalue weighted by Crippen LogP contribution is 2.27. The first-order valence-electron chi connectivity index (χ1n) is 7.17. The van der Waals surface area contributed by atoms with Crippen LogP contribution in [0.2, 0.25) is 5.02 Å². The maximum Gasteiger partial charge on any atom is 0.257 e. The Bertz CT molecular complexity index is 531. The SMILES string of the molecule is O=C(COc1ccc(Br)cc1Cl)NCCC1=CCCCC1. The van der Waals surface area contributed by atoms with Crippen LogP contribution in [0.3, 0.4) is 0 Å². The minimum absolute atomic E-state index is 0.0135. The Kier molecular flexibility index (Phi) is 6.58. The summed E-state index contributed by atoms with van der Waals surface area (Å²) in [6, 6.07) is 5.31. The monoisotopic (exact) mass is 371 g/mol. The number of rotatable bonds is 6. The number of carbonyl (C=O) groups excluding carboxylic acids is 1. The quantitative estimate of drug-likeness (QED) is 0.747. The number of halogens is 2. The lowest BCUT2D eigenvalue weighted by atomic mass is 9.97. The number of benzene rings is 1. The number of nitrogens with one attached hydrogen (secondary N) is 1. The van der Waals surface area contributed by atoms with Crippen molar-refractivity contribution in [2.75, 3.05) is 13.2 Å². The Balaban J connectivity index is 1.68. The average molecular weight is 373 g/mol. The van der Waals surface area contributed by atoms with Crippen LogP contribution in [0.1, 0.15) is 32.1 Å². The second kappa shape index (κ2) is 8.44. The number of hydrogen-bond acceptors (Lipinski definition) is 2. The van der Waals surface area contributed by atoms with E-state index in [0.717, 1.165) is 10.9 Å². The van der Waals surface area contributed by atoms with Crippen molar-refractivity contribution in [2.24, 2.45) is 0 Å². The van der Waals surface area contributed by atoms with E-state index >= 15 is 0 Å². The van der Waals surface area contributed by atoms with Crippen molar-refractivity contribution in [3.8, 4) is 5.75 Å². The standard InChI is InChI=1S/C16H19BrClNO2/c17-13-6-7-15(14(18)10-13)21-11-16(20)19-9-8-12-4-2-1-3-5-12/h4,6-7,10H,1-3,5,8-9,11H2,(H,19,20). The zero-order valence-corrected chi connectivity index (χ0v) is 14.2. The van der Waals surface area contributed by atoms with Crippen LogP contribution in [0.5, 0.6) is 5.75 Å². The molecule has 1 aromatic carbocycles. The summed E-state index contributed by atoms with van der Waals surface area (Å²) in [4.78, 5) is 11.7. The third-order valence-corrected chi connectivity index (χ3v) is 4.19. The third-order valence-electron chi connectivity index (χ3n) is 3.41. The van der Waals surface area contributed by atoms with Gasteiger partial charge in [0.1, 0.15) is 5.75 Å². The summed E-state index contributed by atoms with van der Waals surface area (Å²) in [7, 11) is 0. The molecule has 21 heavy (non-hydrogen) atoms. The molecule has 1 aliphatic carbocycles. The fourth-order valence-corrected chi connectivity index (χ4v) is 3.01. The normalized spacial score (nSPS) is 14.5. The average Bonchev–Trinajstić information content (AvgIpc) is 2.47. The van der Waals surface area contributed by atoms with Gasteiger partial charge >= 0.3 is 0 Å². The van der Waals surface area contributed by atoms with E-state index in [9.17, 15) is 4.79 Å². The van der Waals surface area contributed by atoms with Gasteiger partial charge in [0.25, 0.3) is 5.91 Å². The third kappa shape index (κ3) is 5.71. The number of carbonyl (C=O) groups is 1. The highest BCUT2D eigenvalue weighted by atomic mass is 79.9. The summed E-state index contributed by atoms with van der Waals surface area (Å²) in [5.74, 6) is 0.399. The van der Waals surface area contributed by atoms with Crippen LogP contribution in [-0.2, 0) is 4.79 Å². The molecular formula is C16H19BrClNO2. The fourth-order valence-electron chi connectivity index (χ4n) is 2.28. The lowest BCUT2D eigenvalue weighted by Crippen LogP contribution is -2.30. The summed E-state index contributed by atoms with van der Waals surface area (Å²) < 4.78 is 6.30. The highest BCUT2D eigenvalue weighted by Gasteiger charge is 2.07. The molecule has 2 rings (SSSR count). The van der Waals surface area contributed by atoms with Gasteiger partial charge in [0.15, 0.2) is 6.61 Å². The van der Waals surface area contributed by atoms with Crippen LogP contribution < -0.4 is 10.1 Å². The summed E-state index contributed by atoms with van der Waals surface area (Å²) in [6.45, 7) is 0.655. The number of hydrogen-bond donors (Lipinski definition) is 1. The van der Waals surface area contributed by atoms with Crippen LogP contribution in [0, 0.1) is 0 Å². The van der Waals surface area contributed by atoms with Crippen LogP contribution in [0.25, 0.3) is 0 Å². The van der Waals surface area contributed by atoms with Crippen molar-refractivity contribution in [1.82, 2.24) is 5.32 Å². The zero-order chi connectivity index (χ0) is 15.1. The molecule has 5 heteroatoms. The summed E-state index contributed by atoms with van der Waals surface area (Å²) in [6.07, 6.45) is 8.14. The minimum Gasteiger partial charge on any atom is -0.482 e. The topological polar surface area (TPSA) is 38.3 Å². The van der Waals surface area contributed by atoms with Crippen LogP contribution >= 0.6 is 27.5 Å². The molecule has 114 valence electrons. The molecule has 0 spiro atoms. The minimum atomic E-state index is -0.120. The Labute approximate surface area is 138 Å². The predicted molar refractivity (Wildman–Crippen MR) is 88.8 cm³/mol. The molecule has 0 aromatic heterocycles. The van der Waals surface area contributed by atoms with Gasteiger partial charge in [-0.1, -0.05) is 39.2 Å². The first kappa shape index (κ1) is 16.4. The van der Waals surface area contributed by atoms with Gasteiger partial charge in [-0.15, -0.1) is 0 Å². The van der Waals surface area contributed by atoms with Gasteiger partial charge in [0.05, 0.1) is 5.02 Å². The second-order valence-corrected chi connectivity index (χ2v) is 6.39. The van der Waals surface area contributed by atoms with Gasteiger partial charge in [-0.3, -0.25) is 4.79 Å². The van der Waals surface area contributed by atoms with Gasteiger partial charge in [0.2, 0.25) is 0 Å². The maximum absolute atomic E-state index is 11.7. The summed E-state index contributed by atoms with van der Waals surface area (Å²) in [5, 5.41) is 3.36. The molecule has 0 saturated carbocycles. The molecule has 1 N–H and O–H groups in total. The molecule has 0 aliphatic heterocycles. The molecule has 0 fully saturated rings. The number of ether oxygens (including phenoxy) is 1. The Morgan fingerprint density at radius 3 is 2.95 bits per heavy atom. The molecule has 0 heterocycles. The number of amides is 1. The molecular weight excluding hydrogens is 354 g/mol. The first-order valence-corrected chi connectivity index (χ1v) is 8.35. The molecule has 1 aliphatic rings. The van der Waals surface area contributed by atoms with Crippen molar-refractivity contribution < 1.29 is 9.53 Å². The Hall–Kier alpha value is -1.00. The number of allylic oxidation sites excluding steroid dienone is 1. The smallest absolute Gasteiger partial charge is 0.257 e. The van der Waals surface area contributed by atoms with Gasteiger partial charge in [0, 0.05) is 11.0 Å². The predicted octanol–water partition coefficient (Wildman–Crippen LogP) is 4.49. The molecule has 0 atom stereocenters. The Morgan fingerprint density at radius 2 is 2.24 bits per heavy atom. The summed E-state index contributed by atoms with van der Waals surface area (Å²) >= 11 is 9.35. The van der Waals surface area contributed by atoms with E-state index in [1.165, 1.54) is 31.3 Å². The van der Waals surface area contributed by atoms with Gasteiger partial charge in [-0.25, -0.2) is 0 Å². The van der Waals surface area contributed by atoms with E-state index in [1.54, 1.807) is 12.1 Å². The van der Waals surface area contributed by atoms with Crippen LogP contribution in [0.15, 0.2) is 34.3 Å². The lowest BCUT2D eigenvalue weighted by Gasteiger charge is -2.13. The van der Waals surface area contributed by atoms with E-state index < -0.39 is 0 Å². The van der Waals surface area contributed by atoms with Gasteiger partial charge in [-0.2, -0.15) is 0 Å². The lowest BCUT2D eigenvalue weighted by molar-refractivity contribution is -0.123. The highest BCUT2D eigenvalue weighted by molar-refractivity contribution is 9.10. The fraction of sp³-hybridized carbons (Fsp3) is 0.438. The van der Waals surface area contributed by atoms with Gasteiger partial charge < -0.3 is 10.1 Å². The van der Waals surface area contributed by atoms with Crippen molar-refractivity contribution in [3.05, 3.63) is 39.3 Å². The summed E-state index contributed by atoms with van der Waals surface area (Å²) in [5.41, 5.74) is 1.46. The van der Waals surface area contributed by atoms with E-state index in [0.29, 0.717) is 17.3 Å². The van der Waals surface area contributed by atoms with E-state index in [-0.39, 0.29) is 12.5 Å². The van der Waals surface area contributed by atoms with Crippen molar-refractivity contribution in [1.29, 1.82) is 0 Å². The van der Waals surface area contributed by atoms with E-state index in [1.807, 2.05) is 6.07 Å². The molecule has 1 aromatic rings. The molecule has 0 saturated heterocycles. The molecule has 0 radical (unpaired) electrons. The molecule has 3 nitrogen and oxygen atoms in total. The molecule has 0 bridgehead atoms. The van der Waals surface area contributed by atoms with Crippen LogP contribution in [0.4, 0.5) is 0 Å². The largest absolute Gasteiger partial charge is 0.482 e. The maximum atomic E-state index is 11.7. The molecule has 0 unspecified atom stereocenters. The molecule has 1 amide bonds. The van der Waals surface area contributed by atoms with Gasteiger partial charge in [-0.05, 0) is 50.3 Å². The van der Waals surface area contributed by atoms with Crippen molar-refractivity contribution in [3.63, 3.8) is 0 Å². The van der Waals surface area contributed by atoms with Crippen molar-refractivity contribution in [2.45, 2.75) is 32.1 Å². The Morgan fingerprint density at radius 1 is 1.38 bits per heavy atom. The van der Waals surface area contributed by atoms with Crippen molar-refractivity contribution >= 4 is 33.4 Å². The van der Waals surface area contributed by atoms with Crippen LogP contribution in [-0.4, -0.2) is 19.1 Å². The zero-order valence-electron chi connectivity index (χ0n) is 11.8. The van der Waals surface area contributed by atoms with E-state index in [4.69, 9.17) is 16.3 Å².